The van der Waals surface area contributed by atoms with Gasteiger partial charge in [0.15, 0.2) is 0 Å². The van der Waals surface area contributed by atoms with Gasteiger partial charge in [-0.25, -0.2) is 0 Å². The van der Waals surface area contributed by atoms with Crippen LogP contribution in [0.3, 0.4) is 0 Å². The lowest BCUT2D eigenvalue weighted by Gasteiger charge is -2.16. The van der Waals surface area contributed by atoms with Crippen LogP contribution < -0.4 is 5.32 Å². The smallest absolute Gasteiger partial charge is 0.303 e. The second-order valence-corrected chi connectivity index (χ2v) is 4.80. The van der Waals surface area contributed by atoms with Crippen molar-refractivity contribution in [3.63, 3.8) is 0 Å². The second-order valence-electron chi connectivity index (χ2n) is 4.80. The Hall–Kier alpha value is -1.06. The summed E-state index contributed by atoms with van der Waals surface area (Å²) in [6, 6.07) is 0. The van der Waals surface area contributed by atoms with Crippen molar-refractivity contribution >= 4 is 11.9 Å². The minimum absolute atomic E-state index is 0.115. The molecule has 0 aliphatic heterocycles. The molecule has 0 aliphatic rings. The molecule has 4 nitrogen and oxygen atoms in total. The lowest BCUT2D eigenvalue weighted by atomic mass is 9.96. The molecule has 1 amide bonds. The van der Waals surface area contributed by atoms with Gasteiger partial charge in [0, 0.05) is 18.9 Å². The third-order valence-corrected chi connectivity index (χ3v) is 3.55. The van der Waals surface area contributed by atoms with Crippen LogP contribution in [0.5, 0.6) is 0 Å². The first kappa shape index (κ1) is 16.9. The minimum atomic E-state index is -0.741. The van der Waals surface area contributed by atoms with E-state index >= 15 is 0 Å². The van der Waals surface area contributed by atoms with Gasteiger partial charge in [0.05, 0.1) is 0 Å². The van der Waals surface area contributed by atoms with E-state index in [1.54, 1.807) is 0 Å². The van der Waals surface area contributed by atoms with Crippen molar-refractivity contribution in [2.24, 2.45) is 11.8 Å². The molecule has 0 radical (unpaired) electrons. The van der Waals surface area contributed by atoms with E-state index in [2.05, 4.69) is 12.2 Å². The molecule has 2 N–H and O–H groups in total. The first-order valence-electron chi connectivity index (χ1n) is 7.04. The van der Waals surface area contributed by atoms with Gasteiger partial charge in [0.2, 0.25) is 5.91 Å². The normalized spacial score (nSPS) is 12.4. The van der Waals surface area contributed by atoms with Gasteiger partial charge in [-0.2, -0.15) is 0 Å². The van der Waals surface area contributed by atoms with Crippen LogP contribution in [0.15, 0.2) is 0 Å². The Morgan fingerprint density at radius 3 is 2.11 bits per heavy atom. The molecule has 0 spiro atoms. The fraction of sp³-hybridized carbons (Fsp3) is 0.857. The molecule has 106 valence electrons. The lowest BCUT2D eigenvalue weighted by Crippen LogP contribution is -2.31. The van der Waals surface area contributed by atoms with Crippen LogP contribution in [0.1, 0.15) is 59.3 Å². The van der Waals surface area contributed by atoms with Gasteiger partial charge >= 0.3 is 5.97 Å². The number of carboxylic acid groups (broad SMARTS) is 1. The first-order valence-corrected chi connectivity index (χ1v) is 7.04. The van der Waals surface area contributed by atoms with Gasteiger partial charge in [-0.1, -0.05) is 27.2 Å². The third kappa shape index (κ3) is 7.30. The van der Waals surface area contributed by atoms with Gasteiger partial charge in [-0.05, 0) is 31.6 Å². The summed E-state index contributed by atoms with van der Waals surface area (Å²) >= 11 is 0. The highest BCUT2D eigenvalue weighted by molar-refractivity contribution is 5.78. The molecular formula is C14H27NO3. The number of amides is 1. The average Bonchev–Trinajstić information content (AvgIpc) is 2.34. The Kier molecular flexibility index (Phi) is 9.33. The van der Waals surface area contributed by atoms with E-state index in [4.69, 9.17) is 5.11 Å². The summed E-state index contributed by atoms with van der Waals surface area (Å²) in [5.74, 6) is -0.102. The molecule has 1 unspecified atom stereocenters. The molecule has 0 saturated heterocycles. The van der Waals surface area contributed by atoms with Gasteiger partial charge in [0.1, 0.15) is 0 Å². The zero-order valence-corrected chi connectivity index (χ0v) is 11.9. The fourth-order valence-electron chi connectivity index (χ4n) is 2.08. The van der Waals surface area contributed by atoms with Gasteiger partial charge < -0.3 is 10.4 Å². The monoisotopic (exact) mass is 257 g/mol. The first-order chi connectivity index (χ1) is 8.54. The summed E-state index contributed by atoms with van der Waals surface area (Å²) in [6.45, 7) is 6.77. The molecule has 0 aromatic rings. The van der Waals surface area contributed by atoms with E-state index in [0.29, 0.717) is 18.9 Å². The van der Waals surface area contributed by atoms with Crippen LogP contribution in [-0.2, 0) is 9.59 Å². The van der Waals surface area contributed by atoms with Crippen LogP contribution >= 0.6 is 0 Å². The van der Waals surface area contributed by atoms with Crippen molar-refractivity contribution in [1.29, 1.82) is 0 Å². The highest BCUT2D eigenvalue weighted by Crippen LogP contribution is 2.15. The van der Waals surface area contributed by atoms with Gasteiger partial charge in [-0.15, -0.1) is 0 Å². The number of aliphatic carboxylic acids is 1. The average molecular weight is 257 g/mol. The molecule has 18 heavy (non-hydrogen) atoms. The predicted molar refractivity (Wildman–Crippen MR) is 72.3 cm³/mol. The Labute approximate surface area is 110 Å². The molecule has 4 heteroatoms. The summed E-state index contributed by atoms with van der Waals surface area (Å²) in [7, 11) is 0. The highest BCUT2D eigenvalue weighted by Gasteiger charge is 2.14. The molecule has 0 aromatic heterocycles. The molecule has 0 fully saturated rings. The summed E-state index contributed by atoms with van der Waals surface area (Å²) in [5.41, 5.74) is 0. The van der Waals surface area contributed by atoms with Crippen molar-refractivity contribution in [3.05, 3.63) is 0 Å². The Bertz CT molecular complexity index is 249. The third-order valence-electron chi connectivity index (χ3n) is 3.55. The van der Waals surface area contributed by atoms with Crippen LogP contribution in [0, 0.1) is 11.8 Å². The van der Waals surface area contributed by atoms with Crippen LogP contribution in [-0.4, -0.2) is 23.5 Å². The molecule has 0 aromatic carbocycles. The Morgan fingerprint density at radius 1 is 1.06 bits per heavy atom. The van der Waals surface area contributed by atoms with E-state index in [0.717, 1.165) is 25.7 Å². The zero-order valence-electron chi connectivity index (χ0n) is 11.9. The number of carboxylic acids is 1. The molecule has 0 aliphatic carbocycles. The second kappa shape index (κ2) is 9.92. The number of carbonyl (C=O) groups is 2. The molecule has 0 saturated carbocycles. The van der Waals surface area contributed by atoms with Crippen LogP contribution in [0.4, 0.5) is 0 Å². The van der Waals surface area contributed by atoms with E-state index in [-0.39, 0.29) is 18.2 Å². The number of hydrogen-bond acceptors (Lipinski definition) is 2. The lowest BCUT2D eigenvalue weighted by molar-refractivity contribution is -0.137. The van der Waals surface area contributed by atoms with Gasteiger partial charge in [0.25, 0.3) is 0 Å². The molecular weight excluding hydrogens is 230 g/mol. The topological polar surface area (TPSA) is 66.4 Å². The highest BCUT2D eigenvalue weighted by atomic mass is 16.4. The summed E-state index contributed by atoms with van der Waals surface area (Å²) in [6.07, 6.45) is 4.51. The molecule has 0 bridgehead atoms. The quantitative estimate of drug-likeness (QED) is 0.632. The molecule has 1 atom stereocenters. The van der Waals surface area contributed by atoms with Crippen molar-refractivity contribution in [1.82, 2.24) is 5.32 Å². The maximum Gasteiger partial charge on any atom is 0.303 e. The maximum absolute atomic E-state index is 11.7. The maximum atomic E-state index is 11.7. The molecule has 0 heterocycles. The van der Waals surface area contributed by atoms with E-state index < -0.39 is 5.97 Å². The standard InChI is InChI=1S/C14H27NO3/c1-4-11(7-8-13(16)17)9-10-15-14(18)12(5-2)6-3/h11-12H,4-10H2,1-3H3,(H,15,18)(H,16,17). The van der Waals surface area contributed by atoms with Gasteiger partial charge in [-0.3, -0.25) is 9.59 Å². The van der Waals surface area contributed by atoms with Crippen molar-refractivity contribution < 1.29 is 14.7 Å². The van der Waals surface area contributed by atoms with E-state index in [1.165, 1.54) is 0 Å². The van der Waals surface area contributed by atoms with Crippen molar-refractivity contribution in [3.8, 4) is 0 Å². The summed E-state index contributed by atoms with van der Waals surface area (Å²) in [4.78, 5) is 22.2. The zero-order chi connectivity index (χ0) is 14.0. The van der Waals surface area contributed by atoms with Crippen molar-refractivity contribution in [2.45, 2.75) is 59.3 Å². The van der Waals surface area contributed by atoms with Crippen LogP contribution in [0.25, 0.3) is 0 Å². The number of rotatable bonds is 10. The Balaban J connectivity index is 3.85. The van der Waals surface area contributed by atoms with E-state index in [1.807, 2.05) is 13.8 Å². The summed E-state index contributed by atoms with van der Waals surface area (Å²) in [5, 5.41) is 11.6. The predicted octanol–water partition coefficient (Wildman–Crippen LogP) is 2.82. The SMILES string of the molecule is CCC(CCNC(=O)C(CC)CC)CCC(=O)O. The molecule has 0 rings (SSSR count). The minimum Gasteiger partial charge on any atom is -0.481 e. The van der Waals surface area contributed by atoms with Crippen molar-refractivity contribution in [2.75, 3.05) is 6.54 Å². The largest absolute Gasteiger partial charge is 0.481 e. The number of hydrogen-bond donors (Lipinski definition) is 2. The summed E-state index contributed by atoms with van der Waals surface area (Å²) < 4.78 is 0. The fourth-order valence-corrected chi connectivity index (χ4v) is 2.08. The van der Waals surface area contributed by atoms with Crippen LogP contribution in [0.2, 0.25) is 0 Å². The number of carbonyl (C=O) groups excluding carboxylic acids is 1. The number of nitrogens with one attached hydrogen (secondary N) is 1. The van der Waals surface area contributed by atoms with E-state index in [9.17, 15) is 9.59 Å². The Morgan fingerprint density at radius 2 is 1.67 bits per heavy atom.